The predicted octanol–water partition coefficient (Wildman–Crippen LogP) is 6.93. The Morgan fingerprint density at radius 3 is 2.43 bits per heavy atom. The molecule has 5 aromatic rings. The van der Waals surface area contributed by atoms with E-state index in [0.29, 0.717) is 35.6 Å². The zero-order chi connectivity index (χ0) is 31.8. The third-order valence-electron chi connectivity index (χ3n) is 6.62. The van der Waals surface area contributed by atoms with E-state index in [9.17, 15) is 18.7 Å². The van der Waals surface area contributed by atoms with E-state index in [1.54, 1.807) is 19.2 Å². The van der Waals surface area contributed by atoms with Crippen LogP contribution in [0.2, 0.25) is 0 Å². The minimum absolute atomic E-state index is 0.0359. The summed E-state index contributed by atoms with van der Waals surface area (Å²) in [4.78, 5) is 20.2. The maximum atomic E-state index is 15.3. The number of ether oxygens (including phenoxy) is 2. The number of hydrogen-bond donors (Lipinski definition) is 1. The summed E-state index contributed by atoms with van der Waals surface area (Å²) in [5, 5.41) is 18.3. The van der Waals surface area contributed by atoms with Gasteiger partial charge in [0.25, 0.3) is 0 Å². The monoisotopic (exact) mass is 602 g/mol. The Kier molecular flexibility index (Phi) is 10.3. The molecule has 5 rings (SSSR count). The van der Waals surface area contributed by atoms with Gasteiger partial charge in [0.1, 0.15) is 35.6 Å². The van der Waals surface area contributed by atoms with Crippen LogP contribution in [0.4, 0.5) is 13.2 Å². The van der Waals surface area contributed by atoms with Gasteiger partial charge in [-0.1, -0.05) is 26.0 Å². The average Bonchev–Trinajstić information content (AvgIpc) is 3.37. The molecule has 226 valence electrons. The first-order valence-electron chi connectivity index (χ1n) is 13.8. The number of halogens is 3. The molecule has 8 nitrogen and oxygen atoms in total. The van der Waals surface area contributed by atoms with E-state index in [-0.39, 0.29) is 46.9 Å². The average molecular weight is 603 g/mol. The number of carboxylic acid groups (broad SMARTS) is 1. The number of hydrogen-bond acceptors (Lipinski definition) is 6. The topological polar surface area (TPSA) is 110 Å². The normalized spacial score (nSPS) is 10.7. The highest BCUT2D eigenvalue weighted by molar-refractivity contribution is 5.92. The van der Waals surface area contributed by atoms with Gasteiger partial charge in [0, 0.05) is 37.3 Å². The SMILES string of the molecule is CC.COCCn1c(Cc2ccc(-c3nc(OCc4ccc(C#N)cc4F)ccc3F)c(F)c2)nc2ccc(C(=O)O)cc21. The van der Waals surface area contributed by atoms with E-state index in [0.717, 1.165) is 12.1 Å². The number of aromatic nitrogens is 3. The van der Waals surface area contributed by atoms with Gasteiger partial charge < -0.3 is 19.1 Å². The number of methoxy groups -OCH3 is 1. The number of benzene rings is 3. The summed E-state index contributed by atoms with van der Waals surface area (Å²) in [5.41, 5.74) is 1.84. The molecule has 2 heterocycles. The molecular formula is C33H29F3N4O4. The summed E-state index contributed by atoms with van der Waals surface area (Å²) < 4.78 is 56.8. The number of fused-ring (bicyclic) bond motifs is 1. The van der Waals surface area contributed by atoms with E-state index in [4.69, 9.17) is 14.7 Å². The number of carbonyl (C=O) groups is 1. The van der Waals surface area contributed by atoms with E-state index in [1.807, 2.05) is 24.5 Å². The quantitative estimate of drug-likeness (QED) is 0.185. The largest absolute Gasteiger partial charge is 0.478 e. The molecule has 0 bridgehead atoms. The van der Waals surface area contributed by atoms with Crippen LogP contribution in [-0.2, 0) is 24.3 Å². The molecule has 44 heavy (non-hydrogen) atoms. The van der Waals surface area contributed by atoms with Crippen LogP contribution in [0, 0.1) is 28.8 Å². The molecule has 0 unspecified atom stereocenters. The minimum atomic E-state index is -1.06. The van der Waals surface area contributed by atoms with Crippen LogP contribution in [0.5, 0.6) is 5.88 Å². The fourth-order valence-corrected chi connectivity index (χ4v) is 4.49. The molecule has 0 amide bonds. The maximum Gasteiger partial charge on any atom is 0.335 e. The van der Waals surface area contributed by atoms with E-state index < -0.39 is 23.4 Å². The van der Waals surface area contributed by atoms with Crippen LogP contribution < -0.4 is 4.74 Å². The van der Waals surface area contributed by atoms with Gasteiger partial charge in [-0.2, -0.15) is 5.26 Å². The Hall–Kier alpha value is -5.21. The van der Waals surface area contributed by atoms with Crippen molar-refractivity contribution in [1.29, 1.82) is 5.26 Å². The molecule has 3 aromatic carbocycles. The van der Waals surface area contributed by atoms with Crippen molar-refractivity contribution in [2.75, 3.05) is 13.7 Å². The number of rotatable bonds is 10. The lowest BCUT2D eigenvalue weighted by Crippen LogP contribution is -2.09. The van der Waals surface area contributed by atoms with Crippen molar-refractivity contribution in [3.05, 3.63) is 112 Å². The summed E-state index contributed by atoms with van der Waals surface area (Å²) >= 11 is 0. The van der Waals surface area contributed by atoms with Crippen molar-refractivity contribution in [1.82, 2.24) is 14.5 Å². The zero-order valence-electron chi connectivity index (χ0n) is 24.3. The third kappa shape index (κ3) is 7.04. The van der Waals surface area contributed by atoms with Gasteiger partial charge in [-0.3, -0.25) is 0 Å². The molecule has 0 spiro atoms. The Bertz CT molecular complexity index is 1850. The van der Waals surface area contributed by atoms with Crippen LogP contribution in [0.1, 0.15) is 46.7 Å². The van der Waals surface area contributed by atoms with Crippen LogP contribution in [0.3, 0.4) is 0 Å². The summed E-state index contributed by atoms with van der Waals surface area (Å²) in [6.45, 7) is 4.53. The summed E-state index contributed by atoms with van der Waals surface area (Å²) in [6, 6.07) is 17.0. The lowest BCUT2D eigenvalue weighted by molar-refractivity contribution is 0.0697. The second-order valence-corrected chi connectivity index (χ2v) is 9.36. The summed E-state index contributed by atoms with van der Waals surface area (Å²) in [6.07, 6.45) is 0.215. The van der Waals surface area contributed by atoms with Gasteiger partial charge in [-0.05, 0) is 54.1 Å². The summed E-state index contributed by atoms with van der Waals surface area (Å²) in [7, 11) is 1.55. The van der Waals surface area contributed by atoms with Crippen LogP contribution in [0.15, 0.2) is 66.7 Å². The highest BCUT2D eigenvalue weighted by atomic mass is 19.1. The van der Waals surface area contributed by atoms with Gasteiger partial charge in [-0.15, -0.1) is 0 Å². The second kappa shape index (κ2) is 14.3. The fraction of sp³-hybridized carbons (Fsp3) is 0.212. The Morgan fingerprint density at radius 1 is 0.955 bits per heavy atom. The first kappa shape index (κ1) is 31.7. The van der Waals surface area contributed by atoms with Gasteiger partial charge in [0.15, 0.2) is 0 Å². The van der Waals surface area contributed by atoms with Crippen molar-refractivity contribution in [2.45, 2.75) is 33.4 Å². The van der Waals surface area contributed by atoms with Crippen molar-refractivity contribution >= 4 is 17.0 Å². The van der Waals surface area contributed by atoms with Crippen molar-refractivity contribution in [3.8, 4) is 23.2 Å². The Labute approximate surface area is 252 Å². The fourth-order valence-electron chi connectivity index (χ4n) is 4.49. The smallest absolute Gasteiger partial charge is 0.335 e. The Morgan fingerprint density at radius 2 is 1.75 bits per heavy atom. The van der Waals surface area contributed by atoms with Gasteiger partial charge >= 0.3 is 5.97 Å². The molecule has 0 saturated heterocycles. The van der Waals surface area contributed by atoms with E-state index >= 15 is 4.39 Å². The highest BCUT2D eigenvalue weighted by Gasteiger charge is 2.18. The van der Waals surface area contributed by atoms with Crippen molar-refractivity contribution < 1.29 is 32.5 Å². The zero-order valence-corrected chi connectivity index (χ0v) is 24.3. The predicted molar refractivity (Wildman–Crippen MR) is 158 cm³/mol. The van der Waals surface area contributed by atoms with Crippen molar-refractivity contribution in [2.24, 2.45) is 0 Å². The van der Waals surface area contributed by atoms with Crippen LogP contribution >= 0.6 is 0 Å². The lowest BCUT2D eigenvalue weighted by atomic mass is 10.0. The molecule has 0 saturated carbocycles. The number of carboxylic acids is 1. The standard InChI is InChI=1S/C31H23F3N4O4.C2H6/c1-41-11-10-38-27-15-20(31(39)40)5-8-26(27)36-28(38)14-18-3-6-22(25(34)12-18)30-23(32)7-9-29(37-30)42-17-21-4-2-19(16-35)13-24(21)33;1-2/h2-9,12-13,15H,10-11,14,17H2,1H3,(H,39,40);1-2H3. The molecule has 11 heteroatoms. The first-order valence-corrected chi connectivity index (χ1v) is 13.8. The molecule has 0 aliphatic rings. The summed E-state index contributed by atoms with van der Waals surface area (Å²) in [5.74, 6) is -2.64. The van der Waals surface area contributed by atoms with Crippen LogP contribution in [-0.4, -0.2) is 39.3 Å². The number of nitrogens with zero attached hydrogens (tertiary/aromatic N) is 4. The number of aromatic carboxylic acids is 1. The minimum Gasteiger partial charge on any atom is -0.478 e. The number of pyridine rings is 1. The molecular weight excluding hydrogens is 573 g/mol. The van der Waals surface area contributed by atoms with Crippen LogP contribution in [0.25, 0.3) is 22.3 Å². The van der Waals surface area contributed by atoms with Gasteiger partial charge in [0.2, 0.25) is 5.88 Å². The van der Waals surface area contributed by atoms with E-state index in [1.165, 1.54) is 42.5 Å². The Balaban J connectivity index is 0.00000216. The molecule has 2 aromatic heterocycles. The molecule has 0 radical (unpaired) electrons. The molecule has 0 aliphatic heterocycles. The second-order valence-electron chi connectivity index (χ2n) is 9.36. The molecule has 0 atom stereocenters. The van der Waals surface area contributed by atoms with Gasteiger partial charge in [0.05, 0.1) is 34.8 Å². The number of imidazole rings is 1. The third-order valence-corrected chi connectivity index (χ3v) is 6.62. The molecule has 0 aliphatic carbocycles. The lowest BCUT2D eigenvalue weighted by Gasteiger charge is -2.11. The molecule has 1 N–H and O–H groups in total. The number of nitriles is 1. The maximum absolute atomic E-state index is 15.3. The highest BCUT2D eigenvalue weighted by Crippen LogP contribution is 2.28. The van der Waals surface area contributed by atoms with Crippen molar-refractivity contribution in [3.63, 3.8) is 0 Å². The molecule has 0 fully saturated rings. The van der Waals surface area contributed by atoms with E-state index in [2.05, 4.69) is 9.97 Å². The van der Waals surface area contributed by atoms with Gasteiger partial charge in [-0.25, -0.2) is 27.9 Å². The first-order chi connectivity index (χ1) is 21.3.